The van der Waals surface area contributed by atoms with Gasteiger partial charge >= 0.3 is 0 Å². The molecule has 0 aliphatic heterocycles. The van der Waals surface area contributed by atoms with Crippen LogP contribution < -0.4 is 10.5 Å². The van der Waals surface area contributed by atoms with Gasteiger partial charge in [-0.15, -0.1) is 0 Å². The summed E-state index contributed by atoms with van der Waals surface area (Å²) in [7, 11) is -3.92. The summed E-state index contributed by atoms with van der Waals surface area (Å²) in [4.78, 5) is 3.54. The first kappa shape index (κ1) is 13.8. The lowest BCUT2D eigenvalue weighted by Gasteiger charge is -2.10. The first-order valence-electron chi connectivity index (χ1n) is 5.08. The van der Waals surface area contributed by atoms with Crippen LogP contribution in [0.25, 0.3) is 0 Å². The predicted molar refractivity (Wildman–Crippen MR) is 73.6 cm³/mol. The van der Waals surface area contributed by atoms with E-state index >= 15 is 0 Å². The molecule has 1 aromatic heterocycles. The minimum Gasteiger partial charge on any atom is -0.383 e. The normalized spacial score (nSPS) is 11.3. The topological polar surface area (TPSA) is 85.1 Å². The van der Waals surface area contributed by atoms with Gasteiger partial charge in [-0.05, 0) is 46.3 Å². The average Bonchev–Trinajstić information content (AvgIpc) is 2.34. The molecule has 1 heterocycles. The number of nitrogens with one attached hydrogen (secondary N) is 1. The molecular formula is C11H9BrFN3O2S. The van der Waals surface area contributed by atoms with E-state index in [1.807, 2.05) is 0 Å². The highest BCUT2D eigenvalue weighted by molar-refractivity contribution is 9.10. The number of nitrogen functional groups attached to an aromatic ring is 1. The van der Waals surface area contributed by atoms with E-state index in [1.54, 1.807) is 0 Å². The minimum absolute atomic E-state index is 0.0863. The van der Waals surface area contributed by atoms with E-state index in [1.165, 1.54) is 30.5 Å². The van der Waals surface area contributed by atoms with Crippen LogP contribution in [0.2, 0.25) is 0 Å². The summed E-state index contributed by atoms with van der Waals surface area (Å²) >= 11 is 3.13. The van der Waals surface area contributed by atoms with Gasteiger partial charge < -0.3 is 5.73 Å². The third-order valence-electron chi connectivity index (χ3n) is 2.26. The number of sulfonamides is 1. The van der Waals surface area contributed by atoms with Gasteiger partial charge in [-0.3, -0.25) is 4.72 Å². The van der Waals surface area contributed by atoms with E-state index in [0.29, 0.717) is 4.47 Å². The number of rotatable bonds is 3. The second kappa shape index (κ2) is 5.14. The number of nitrogens with two attached hydrogens (primary N) is 1. The summed E-state index contributed by atoms with van der Waals surface area (Å²) in [5.41, 5.74) is 5.60. The summed E-state index contributed by atoms with van der Waals surface area (Å²) in [5, 5.41) is 0. The number of halogens is 2. The van der Waals surface area contributed by atoms with Crippen LogP contribution in [0.4, 0.5) is 15.9 Å². The number of aromatic nitrogens is 1. The molecule has 100 valence electrons. The van der Waals surface area contributed by atoms with E-state index < -0.39 is 15.8 Å². The lowest BCUT2D eigenvalue weighted by Crippen LogP contribution is -2.15. The molecule has 1 aromatic carbocycles. The molecule has 0 fully saturated rings. The Morgan fingerprint density at radius 2 is 2.05 bits per heavy atom. The molecule has 0 saturated heterocycles. The molecular weight excluding hydrogens is 337 g/mol. The highest BCUT2D eigenvalue weighted by Crippen LogP contribution is 2.26. The number of hydrogen-bond donors (Lipinski definition) is 2. The Balaban J connectivity index is 2.43. The number of anilines is 2. The summed E-state index contributed by atoms with van der Waals surface area (Å²) in [5.74, 6) is -0.678. The maximum absolute atomic E-state index is 13.1. The molecule has 0 aliphatic carbocycles. The Bertz CT molecular complexity index is 722. The fourth-order valence-corrected chi connectivity index (χ4v) is 3.04. The number of pyridine rings is 1. The van der Waals surface area contributed by atoms with Gasteiger partial charge in [-0.25, -0.2) is 17.8 Å². The van der Waals surface area contributed by atoms with Crippen LogP contribution in [0, 0.1) is 5.82 Å². The maximum atomic E-state index is 13.1. The van der Waals surface area contributed by atoms with E-state index in [9.17, 15) is 12.8 Å². The van der Waals surface area contributed by atoms with Crippen molar-refractivity contribution in [2.75, 3.05) is 10.5 Å². The Morgan fingerprint density at radius 3 is 2.74 bits per heavy atom. The van der Waals surface area contributed by atoms with Crippen LogP contribution in [-0.2, 0) is 10.0 Å². The van der Waals surface area contributed by atoms with Crippen molar-refractivity contribution in [2.24, 2.45) is 0 Å². The molecule has 0 saturated carbocycles. The molecule has 5 nitrogen and oxygen atoms in total. The zero-order valence-corrected chi connectivity index (χ0v) is 11.9. The minimum atomic E-state index is -3.92. The summed E-state index contributed by atoms with van der Waals surface area (Å²) in [6.07, 6.45) is 1.38. The SMILES string of the molecule is Nc1ncccc1S(=O)(=O)Nc1cc(F)ccc1Br. The zero-order chi connectivity index (χ0) is 14.0. The first-order chi connectivity index (χ1) is 8.90. The lowest BCUT2D eigenvalue weighted by atomic mass is 10.3. The molecule has 0 radical (unpaired) electrons. The van der Waals surface area contributed by atoms with Gasteiger partial charge in [0.2, 0.25) is 0 Å². The van der Waals surface area contributed by atoms with Gasteiger partial charge in [0.1, 0.15) is 16.5 Å². The van der Waals surface area contributed by atoms with Gasteiger partial charge in [0, 0.05) is 10.7 Å². The molecule has 2 aromatic rings. The van der Waals surface area contributed by atoms with E-state index in [4.69, 9.17) is 5.73 Å². The molecule has 19 heavy (non-hydrogen) atoms. The van der Waals surface area contributed by atoms with Gasteiger partial charge in [0.25, 0.3) is 10.0 Å². The van der Waals surface area contributed by atoms with Crippen molar-refractivity contribution >= 4 is 37.5 Å². The Morgan fingerprint density at radius 1 is 1.32 bits per heavy atom. The second-order valence-corrected chi connectivity index (χ2v) is 6.12. The molecule has 0 unspecified atom stereocenters. The van der Waals surface area contributed by atoms with Crippen molar-refractivity contribution in [3.05, 3.63) is 46.8 Å². The molecule has 0 amide bonds. The third-order valence-corrected chi connectivity index (χ3v) is 4.37. The Hall–Kier alpha value is -1.67. The summed E-state index contributed by atoms with van der Waals surface area (Å²) in [6.45, 7) is 0. The third kappa shape index (κ3) is 3.02. The predicted octanol–water partition coefficient (Wildman–Crippen LogP) is 2.37. The van der Waals surface area contributed by atoms with Crippen molar-refractivity contribution in [1.29, 1.82) is 0 Å². The Labute approximate surface area is 117 Å². The fraction of sp³-hybridized carbons (Fsp3) is 0. The molecule has 0 spiro atoms. The van der Waals surface area contributed by atoms with E-state index in [2.05, 4.69) is 25.6 Å². The monoisotopic (exact) mass is 345 g/mol. The summed E-state index contributed by atoms with van der Waals surface area (Å²) in [6, 6.07) is 6.44. The van der Waals surface area contributed by atoms with Crippen LogP contribution in [0.5, 0.6) is 0 Å². The Kier molecular flexibility index (Phi) is 3.72. The van der Waals surface area contributed by atoms with Gasteiger partial charge in [-0.2, -0.15) is 0 Å². The molecule has 8 heteroatoms. The standard InChI is InChI=1S/C11H9BrFN3O2S/c12-8-4-3-7(13)6-9(8)16-19(17,18)10-2-1-5-15-11(10)14/h1-6,16H,(H2,14,15). The van der Waals surface area contributed by atoms with Gasteiger partial charge in [0.05, 0.1) is 5.69 Å². The van der Waals surface area contributed by atoms with Crippen molar-refractivity contribution in [2.45, 2.75) is 4.90 Å². The molecule has 3 N–H and O–H groups in total. The van der Waals surface area contributed by atoms with Crippen LogP contribution in [0.1, 0.15) is 0 Å². The largest absolute Gasteiger partial charge is 0.383 e. The van der Waals surface area contributed by atoms with E-state index in [-0.39, 0.29) is 16.4 Å². The number of hydrogen-bond acceptors (Lipinski definition) is 4. The smallest absolute Gasteiger partial charge is 0.265 e. The van der Waals surface area contributed by atoms with Crippen LogP contribution in [0.3, 0.4) is 0 Å². The summed E-state index contributed by atoms with van der Waals surface area (Å²) < 4.78 is 40.0. The number of benzene rings is 1. The fourth-order valence-electron chi connectivity index (χ4n) is 1.41. The van der Waals surface area contributed by atoms with Crippen molar-refractivity contribution in [3.63, 3.8) is 0 Å². The number of nitrogens with zero attached hydrogens (tertiary/aromatic N) is 1. The second-order valence-electron chi connectivity index (χ2n) is 3.62. The van der Waals surface area contributed by atoms with Crippen molar-refractivity contribution in [1.82, 2.24) is 4.98 Å². The molecule has 0 aliphatic rings. The average molecular weight is 346 g/mol. The first-order valence-corrected chi connectivity index (χ1v) is 7.36. The molecule has 0 atom stereocenters. The van der Waals surface area contributed by atoms with Crippen LogP contribution in [-0.4, -0.2) is 13.4 Å². The highest BCUT2D eigenvalue weighted by atomic mass is 79.9. The quantitative estimate of drug-likeness (QED) is 0.894. The van der Waals surface area contributed by atoms with Crippen molar-refractivity contribution < 1.29 is 12.8 Å². The maximum Gasteiger partial charge on any atom is 0.265 e. The van der Waals surface area contributed by atoms with Crippen LogP contribution >= 0.6 is 15.9 Å². The molecule has 0 bridgehead atoms. The van der Waals surface area contributed by atoms with E-state index in [0.717, 1.165) is 6.07 Å². The van der Waals surface area contributed by atoms with Gasteiger partial charge in [0.15, 0.2) is 0 Å². The van der Waals surface area contributed by atoms with Crippen molar-refractivity contribution in [3.8, 4) is 0 Å². The highest BCUT2D eigenvalue weighted by Gasteiger charge is 2.19. The van der Waals surface area contributed by atoms with Gasteiger partial charge in [-0.1, -0.05) is 0 Å². The zero-order valence-electron chi connectivity index (χ0n) is 9.47. The van der Waals surface area contributed by atoms with Crippen LogP contribution in [0.15, 0.2) is 45.9 Å². The molecule has 2 rings (SSSR count). The lowest BCUT2D eigenvalue weighted by molar-refractivity contribution is 0.601.